The van der Waals surface area contributed by atoms with Crippen LogP contribution in [0.25, 0.3) is 0 Å². The van der Waals surface area contributed by atoms with E-state index in [-0.39, 0.29) is 12.1 Å². The molecule has 4 aliphatic rings. The zero-order valence-corrected chi connectivity index (χ0v) is 29.3. The predicted octanol–water partition coefficient (Wildman–Crippen LogP) is 4.39. The Bertz CT molecular complexity index is 2160. The van der Waals surface area contributed by atoms with Gasteiger partial charge in [-0.25, -0.2) is 0 Å². The van der Waals surface area contributed by atoms with Crippen LogP contribution in [0.3, 0.4) is 0 Å². The maximum atomic E-state index is 10.4. The number of para-hydroxylation sites is 1. The second-order valence-corrected chi connectivity index (χ2v) is 20.3. The Hall–Kier alpha value is -4.07. The van der Waals surface area contributed by atoms with Gasteiger partial charge in [0, 0.05) is 0 Å². The van der Waals surface area contributed by atoms with Crippen LogP contribution >= 0.6 is 0 Å². The number of hydrogen-bond acceptors (Lipinski definition) is 2. The van der Waals surface area contributed by atoms with Crippen molar-refractivity contribution in [3.05, 3.63) is 136 Å². The van der Waals surface area contributed by atoms with Gasteiger partial charge in [0.15, 0.2) is 0 Å². The van der Waals surface area contributed by atoms with Crippen molar-refractivity contribution in [1.29, 1.82) is 5.26 Å². The van der Waals surface area contributed by atoms with Crippen LogP contribution in [0, 0.1) is 11.3 Å². The van der Waals surface area contributed by atoms with Gasteiger partial charge < -0.3 is 0 Å². The first kappa shape index (κ1) is 28.2. The van der Waals surface area contributed by atoms with E-state index in [9.17, 15) is 5.26 Å². The molecule has 0 N–H and O–H groups in total. The Labute approximate surface area is 280 Å². The quantitative estimate of drug-likeness (QED) is 0.260. The van der Waals surface area contributed by atoms with Crippen LogP contribution in [0.1, 0.15) is 56.2 Å². The summed E-state index contributed by atoms with van der Waals surface area (Å²) in [5.74, 6) is 0. The van der Waals surface area contributed by atoms with Gasteiger partial charge in [0.05, 0.1) is 0 Å². The fourth-order valence-corrected chi connectivity index (χ4v) is 15.9. The van der Waals surface area contributed by atoms with Gasteiger partial charge in [-0.1, -0.05) is 30.3 Å². The minimum absolute atomic E-state index is 0.150. The van der Waals surface area contributed by atoms with E-state index in [0.717, 1.165) is 12.0 Å². The summed E-state index contributed by atoms with van der Waals surface area (Å²) in [6.45, 7) is 7.44. The Kier molecular flexibility index (Phi) is 6.26. The molecule has 5 heteroatoms. The van der Waals surface area contributed by atoms with Gasteiger partial charge in [-0.3, -0.25) is 0 Å². The topological polar surface area (TPSA) is 27.0 Å². The van der Waals surface area contributed by atoms with E-state index in [4.69, 9.17) is 0 Å². The average Bonchev–Trinajstić information content (AvgIpc) is 3.10. The maximum absolute atomic E-state index is 10.4. The molecular weight excluding hydrogens is 638 g/mol. The number of rotatable bonds is 2. The molecular formula is C41H35BN2SeSi. The van der Waals surface area contributed by atoms with E-state index in [1.165, 1.54) is 78.2 Å². The molecule has 46 heavy (non-hydrogen) atoms. The molecule has 1 unspecified atom stereocenters. The first-order valence-corrected chi connectivity index (χ1v) is 20.8. The molecule has 0 aromatic heterocycles. The summed E-state index contributed by atoms with van der Waals surface area (Å²) >= 11 is 0.403. The van der Waals surface area contributed by atoms with Crippen LogP contribution in [-0.4, -0.2) is 29.7 Å². The van der Waals surface area contributed by atoms with Crippen molar-refractivity contribution in [2.45, 2.75) is 51.5 Å². The number of allylic oxidation sites excluding steroid dienone is 2. The third kappa shape index (κ3) is 3.82. The Morgan fingerprint density at radius 2 is 1.54 bits per heavy atom. The monoisotopic (exact) mass is 674 g/mol. The van der Waals surface area contributed by atoms with Gasteiger partial charge in [0.1, 0.15) is 0 Å². The van der Waals surface area contributed by atoms with Crippen molar-refractivity contribution in [2.24, 2.45) is 0 Å². The van der Waals surface area contributed by atoms with Gasteiger partial charge in [-0.15, -0.1) is 0 Å². The molecule has 0 radical (unpaired) electrons. The second kappa shape index (κ2) is 10.2. The second-order valence-electron chi connectivity index (χ2n) is 14.0. The average molecular weight is 674 g/mol. The first-order valence-electron chi connectivity index (χ1n) is 16.6. The fraction of sp³-hybridized carbons (Fsp3) is 0.195. The third-order valence-electron chi connectivity index (χ3n) is 11.2. The number of nitriles is 1. The number of hydrogen-bond donors (Lipinski definition) is 0. The van der Waals surface area contributed by atoms with Gasteiger partial charge >= 0.3 is 251 Å². The number of fused-ring (bicyclic) bond motifs is 5. The molecule has 5 aromatic rings. The molecule has 3 aliphatic heterocycles. The van der Waals surface area contributed by atoms with Gasteiger partial charge in [-0.2, -0.15) is 0 Å². The summed E-state index contributed by atoms with van der Waals surface area (Å²) in [7, 11) is -2.40. The van der Waals surface area contributed by atoms with Crippen molar-refractivity contribution < 1.29 is 0 Å². The zero-order valence-electron chi connectivity index (χ0n) is 26.6. The van der Waals surface area contributed by atoms with Crippen LogP contribution in [-0.2, 0) is 5.41 Å². The van der Waals surface area contributed by atoms with Gasteiger partial charge in [0.2, 0.25) is 0 Å². The van der Waals surface area contributed by atoms with E-state index in [0.29, 0.717) is 15.0 Å². The molecule has 0 spiro atoms. The van der Waals surface area contributed by atoms with E-state index in [1.54, 1.807) is 10.2 Å². The molecule has 2 nitrogen and oxygen atoms in total. The Morgan fingerprint density at radius 1 is 0.783 bits per heavy atom. The van der Waals surface area contributed by atoms with E-state index < -0.39 is 8.07 Å². The Morgan fingerprint density at radius 3 is 2.39 bits per heavy atom. The standard InChI is InChI=1S/C41H35BN2SeSi/c1-41(2)30-25-28(44-34-16-8-10-18-36(34)45-37-19-11-9-17-35(37)44)21-22-32(30)42-33-15-7-12-20-38(33)46(3,29-13-5-4-6-14-29)39-24-27(26-43)23-31(41)40(39)42/h4-8,10,12-16,18,20-25H,9,11,17,19H2,1-3H3. The molecule has 0 fully saturated rings. The minimum atomic E-state index is -2.40. The number of benzene rings is 5. The molecule has 0 bridgehead atoms. The molecule has 222 valence electrons. The van der Waals surface area contributed by atoms with Gasteiger partial charge in [-0.05, 0) is 0 Å². The van der Waals surface area contributed by atoms with E-state index >= 15 is 0 Å². The molecule has 1 atom stereocenters. The van der Waals surface area contributed by atoms with Crippen molar-refractivity contribution in [1.82, 2.24) is 0 Å². The van der Waals surface area contributed by atoms with Crippen LogP contribution in [0.5, 0.6) is 0 Å². The molecule has 9 rings (SSSR count). The third-order valence-corrected chi connectivity index (χ3v) is 18.4. The normalized spacial score (nSPS) is 20.1. The van der Waals surface area contributed by atoms with Gasteiger partial charge in [0.25, 0.3) is 0 Å². The Balaban J connectivity index is 1.31. The first-order chi connectivity index (χ1) is 22.4. The molecule has 3 heterocycles. The predicted molar refractivity (Wildman–Crippen MR) is 197 cm³/mol. The summed E-state index contributed by atoms with van der Waals surface area (Å²) in [6.07, 6.45) is 4.95. The van der Waals surface area contributed by atoms with Crippen LogP contribution in [0.2, 0.25) is 6.55 Å². The van der Waals surface area contributed by atoms with E-state index in [1.807, 2.05) is 0 Å². The zero-order chi connectivity index (χ0) is 31.2. The number of anilines is 2. The summed E-state index contributed by atoms with van der Waals surface area (Å²) in [4.78, 5) is 2.60. The summed E-state index contributed by atoms with van der Waals surface area (Å²) in [5, 5.41) is 14.7. The summed E-state index contributed by atoms with van der Waals surface area (Å²) < 4.78 is 3.17. The van der Waals surface area contributed by atoms with Crippen LogP contribution in [0.15, 0.2) is 119 Å². The van der Waals surface area contributed by atoms with Crippen molar-refractivity contribution in [2.75, 3.05) is 4.90 Å². The van der Waals surface area contributed by atoms with Crippen molar-refractivity contribution in [3.63, 3.8) is 0 Å². The van der Waals surface area contributed by atoms with Crippen LogP contribution in [0.4, 0.5) is 11.4 Å². The molecule has 0 amide bonds. The van der Waals surface area contributed by atoms with E-state index in [2.05, 4.69) is 141 Å². The number of nitrogens with zero attached hydrogens (tertiary/aromatic N) is 2. The van der Waals surface area contributed by atoms with Crippen LogP contribution < -0.4 is 41.3 Å². The molecule has 0 saturated heterocycles. The van der Waals surface area contributed by atoms with Crippen molar-refractivity contribution >= 4 is 77.5 Å². The molecule has 0 saturated carbocycles. The summed E-state index contributed by atoms with van der Waals surface area (Å²) in [6, 6.07) is 43.8. The fourth-order valence-electron chi connectivity index (χ4n) is 9.00. The molecule has 1 aliphatic carbocycles. The molecule has 5 aromatic carbocycles. The summed E-state index contributed by atoms with van der Waals surface area (Å²) in [5.41, 5.74) is 11.7. The SMILES string of the molecule is CC1(C)c2cc(N3C4=C(CCCC4)[Se]c4ccccc43)ccc2B2c3ccccc3[Si](C)(c3ccccc3)c3cc(C#N)cc1c32. The van der Waals surface area contributed by atoms with Crippen molar-refractivity contribution in [3.8, 4) is 6.07 Å².